The van der Waals surface area contributed by atoms with Crippen LogP contribution in [0.2, 0.25) is 0 Å². The maximum atomic E-state index is 13.5. The highest BCUT2D eigenvalue weighted by atomic mass is 32.2. The van der Waals surface area contributed by atoms with Gasteiger partial charge in [0.05, 0.1) is 11.4 Å². The molecular weight excluding hydrogens is 393 g/mol. The predicted octanol–water partition coefficient (Wildman–Crippen LogP) is 4.38. The lowest BCUT2D eigenvalue weighted by Gasteiger charge is -2.09. The van der Waals surface area contributed by atoms with Gasteiger partial charge in [-0.2, -0.15) is 18.3 Å². The van der Waals surface area contributed by atoms with Crippen LogP contribution in [0.3, 0.4) is 0 Å². The topological polar surface area (TPSA) is 67.2 Å². The lowest BCUT2D eigenvalue weighted by molar-refractivity contribution is -0.141. The van der Waals surface area contributed by atoms with E-state index in [9.17, 15) is 26.2 Å². The SMILES string of the molecule is O=S(O)Nc1ccc(-n2nc(C(F)(F)F)cc2-c2ccc(F)c(F)c2)cc1. The molecule has 0 fully saturated rings. The van der Waals surface area contributed by atoms with Gasteiger partial charge in [-0.15, -0.1) is 0 Å². The zero-order valence-electron chi connectivity index (χ0n) is 13.2. The molecule has 27 heavy (non-hydrogen) atoms. The Hall–Kier alpha value is -2.79. The van der Waals surface area contributed by atoms with Crippen molar-refractivity contribution >= 4 is 17.0 Å². The molecule has 0 aliphatic rings. The van der Waals surface area contributed by atoms with Crippen LogP contribution in [-0.4, -0.2) is 18.5 Å². The number of hydrogen-bond acceptors (Lipinski definition) is 2. The number of benzene rings is 2. The second kappa shape index (κ2) is 7.08. The number of aromatic nitrogens is 2. The molecule has 1 atom stereocenters. The van der Waals surface area contributed by atoms with Gasteiger partial charge in [0, 0.05) is 11.3 Å². The molecule has 0 saturated heterocycles. The Balaban J connectivity index is 2.11. The molecular formula is C16H10F5N3O2S. The molecule has 0 aliphatic carbocycles. The summed E-state index contributed by atoms with van der Waals surface area (Å²) < 4.78 is 88.6. The standard InChI is InChI=1S/C16H10F5N3O2S/c17-12-6-1-9(7-13(12)18)14-8-15(16(19,20)21)22-24(14)11-4-2-10(3-5-11)23-27(25)26/h1-8,23H,(H,25,26). The molecule has 1 aromatic heterocycles. The Morgan fingerprint density at radius 1 is 1.00 bits per heavy atom. The Labute approximate surface area is 151 Å². The molecule has 5 nitrogen and oxygen atoms in total. The number of hydrogen-bond donors (Lipinski definition) is 2. The monoisotopic (exact) mass is 403 g/mol. The van der Waals surface area contributed by atoms with E-state index in [0.717, 1.165) is 28.9 Å². The lowest BCUT2D eigenvalue weighted by Crippen LogP contribution is -2.07. The molecule has 142 valence electrons. The van der Waals surface area contributed by atoms with Gasteiger partial charge in [0.1, 0.15) is 0 Å². The van der Waals surface area contributed by atoms with E-state index < -0.39 is 34.8 Å². The Morgan fingerprint density at radius 3 is 2.22 bits per heavy atom. The molecule has 0 amide bonds. The number of nitrogens with zero attached hydrogens (tertiary/aromatic N) is 2. The van der Waals surface area contributed by atoms with Crippen LogP contribution < -0.4 is 4.72 Å². The van der Waals surface area contributed by atoms with E-state index in [4.69, 9.17) is 4.55 Å². The van der Waals surface area contributed by atoms with E-state index in [-0.39, 0.29) is 22.6 Å². The first-order chi connectivity index (χ1) is 12.6. The quantitative estimate of drug-likeness (QED) is 0.502. The molecule has 2 N–H and O–H groups in total. The minimum Gasteiger partial charge on any atom is -0.289 e. The molecule has 0 spiro atoms. The zero-order chi connectivity index (χ0) is 19.8. The normalized spacial score (nSPS) is 12.8. The van der Waals surface area contributed by atoms with Gasteiger partial charge >= 0.3 is 6.18 Å². The van der Waals surface area contributed by atoms with E-state index in [1.807, 2.05) is 0 Å². The summed E-state index contributed by atoms with van der Waals surface area (Å²) in [5.41, 5.74) is -0.888. The van der Waals surface area contributed by atoms with Gasteiger partial charge in [-0.3, -0.25) is 9.27 Å². The summed E-state index contributed by atoms with van der Waals surface area (Å²) in [4.78, 5) is 0. The second-order valence-electron chi connectivity index (χ2n) is 5.35. The Kier molecular flexibility index (Phi) is 4.98. The first-order valence-electron chi connectivity index (χ1n) is 7.26. The number of halogens is 5. The van der Waals surface area contributed by atoms with Crippen LogP contribution in [-0.2, 0) is 17.4 Å². The van der Waals surface area contributed by atoms with Crippen molar-refractivity contribution in [3.8, 4) is 16.9 Å². The van der Waals surface area contributed by atoms with Gasteiger partial charge in [0.25, 0.3) is 11.3 Å². The fourth-order valence-electron chi connectivity index (χ4n) is 2.35. The highest BCUT2D eigenvalue weighted by Crippen LogP contribution is 2.33. The molecule has 0 saturated carbocycles. The highest BCUT2D eigenvalue weighted by Gasteiger charge is 2.35. The average molecular weight is 403 g/mol. The first-order valence-corrected chi connectivity index (χ1v) is 8.36. The number of alkyl halides is 3. The summed E-state index contributed by atoms with van der Waals surface area (Å²) in [5, 5.41) is 3.52. The third kappa shape index (κ3) is 4.14. The van der Waals surface area contributed by atoms with E-state index in [1.165, 1.54) is 24.3 Å². The van der Waals surface area contributed by atoms with Crippen LogP contribution in [0.5, 0.6) is 0 Å². The Morgan fingerprint density at radius 2 is 1.67 bits per heavy atom. The minimum atomic E-state index is -4.74. The second-order valence-corrected chi connectivity index (χ2v) is 6.05. The van der Waals surface area contributed by atoms with Crippen LogP contribution in [0.25, 0.3) is 16.9 Å². The smallest absolute Gasteiger partial charge is 0.289 e. The molecule has 1 unspecified atom stereocenters. The van der Waals surface area contributed by atoms with Gasteiger partial charge in [-0.25, -0.2) is 17.7 Å². The molecule has 2 aromatic carbocycles. The average Bonchev–Trinajstić information content (AvgIpc) is 3.03. The van der Waals surface area contributed by atoms with Crippen LogP contribution >= 0.6 is 0 Å². The first kappa shape index (κ1) is 19.0. The van der Waals surface area contributed by atoms with Crippen molar-refractivity contribution in [2.24, 2.45) is 0 Å². The van der Waals surface area contributed by atoms with E-state index in [2.05, 4.69) is 9.82 Å². The Bertz CT molecular complexity index is 1000. The third-order valence-corrected chi connectivity index (χ3v) is 3.94. The van der Waals surface area contributed by atoms with E-state index in [0.29, 0.717) is 0 Å². The van der Waals surface area contributed by atoms with Gasteiger partial charge in [-0.1, -0.05) is 0 Å². The van der Waals surface area contributed by atoms with Crippen LogP contribution in [0.15, 0.2) is 48.5 Å². The number of rotatable bonds is 4. The summed E-state index contributed by atoms with van der Waals surface area (Å²) in [6.45, 7) is 0. The maximum absolute atomic E-state index is 13.5. The zero-order valence-corrected chi connectivity index (χ0v) is 14.0. The predicted molar refractivity (Wildman–Crippen MR) is 88.3 cm³/mol. The van der Waals surface area contributed by atoms with Crippen molar-refractivity contribution in [3.63, 3.8) is 0 Å². The van der Waals surface area contributed by atoms with Gasteiger partial charge in [0.15, 0.2) is 17.3 Å². The minimum absolute atomic E-state index is 0.00411. The fourth-order valence-corrected chi connectivity index (χ4v) is 2.69. The third-order valence-electron chi connectivity index (χ3n) is 3.53. The molecule has 1 heterocycles. The summed E-state index contributed by atoms with van der Waals surface area (Å²) in [5.74, 6) is -2.34. The van der Waals surface area contributed by atoms with Crippen molar-refractivity contribution in [3.05, 3.63) is 65.9 Å². The lowest BCUT2D eigenvalue weighted by atomic mass is 10.1. The summed E-state index contributed by atoms with van der Waals surface area (Å²) >= 11 is -2.31. The molecule has 3 aromatic rings. The van der Waals surface area contributed by atoms with Crippen LogP contribution in [0.1, 0.15) is 5.69 Å². The molecule has 0 aliphatic heterocycles. The maximum Gasteiger partial charge on any atom is 0.435 e. The molecule has 3 rings (SSSR count). The van der Waals surface area contributed by atoms with Gasteiger partial charge in [-0.05, 0) is 48.5 Å². The van der Waals surface area contributed by atoms with Gasteiger partial charge < -0.3 is 0 Å². The van der Waals surface area contributed by atoms with Crippen molar-refractivity contribution in [2.45, 2.75) is 6.18 Å². The van der Waals surface area contributed by atoms with Crippen molar-refractivity contribution in [1.82, 2.24) is 9.78 Å². The summed E-state index contributed by atoms with van der Waals surface area (Å²) in [7, 11) is 0. The van der Waals surface area contributed by atoms with Crippen molar-refractivity contribution in [2.75, 3.05) is 4.72 Å². The summed E-state index contributed by atoms with van der Waals surface area (Å²) in [6, 6.07) is 8.85. The molecule has 0 bridgehead atoms. The van der Waals surface area contributed by atoms with E-state index >= 15 is 0 Å². The van der Waals surface area contributed by atoms with E-state index in [1.54, 1.807) is 0 Å². The highest BCUT2D eigenvalue weighted by molar-refractivity contribution is 7.80. The van der Waals surface area contributed by atoms with Crippen LogP contribution in [0.4, 0.5) is 27.6 Å². The summed E-state index contributed by atoms with van der Waals surface area (Å²) in [6.07, 6.45) is -4.74. The number of nitrogens with one attached hydrogen (secondary N) is 1. The molecule has 0 radical (unpaired) electrons. The van der Waals surface area contributed by atoms with Crippen LogP contribution in [0, 0.1) is 11.6 Å². The van der Waals surface area contributed by atoms with Crippen molar-refractivity contribution < 1.29 is 30.7 Å². The largest absolute Gasteiger partial charge is 0.435 e. The number of anilines is 1. The fraction of sp³-hybridized carbons (Fsp3) is 0.0625. The van der Waals surface area contributed by atoms with Crippen molar-refractivity contribution in [1.29, 1.82) is 0 Å². The molecule has 11 heteroatoms. The van der Waals surface area contributed by atoms with Gasteiger partial charge in [0.2, 0.25) is 0 Å².